The van der Waals surface area contributed by atoms with E-state index in [9.17, 15) is 0 Å². The molecule has 0 aromatic carbocycles. The standard InChI is InChI=1S/C6H12NO2P/c1-4-8-10(3)9-6-5-7-2/h4-6H2,1,3H3. The van der Waals surface area contributed by atoms with E-state index in [0.717, 1.165) is 0 Å². The third-order valence-corrected chi connectivity index (χ3v) is 1.96. The molecule has 0 saturated heterocycles. The quantitative estimate of drug-likeness (QED) is 0.349. The molecule has 0 aliphatic rings. The maximum Gasteiger partial charge on any atom is 0.238 e. The van der Waals surface area contributed by atoms with Crippen molar-refractivity contribution in [3.63, 3.8) is 0 Å². The van der Waals surface area contributed by atoms with Crippen molar-refractivity contribution < 1.29 is 9.05 Å². The highest BCUT2D eigenvalue weighted by molar-refractivity contribution is 7.46. The van der Waals surface area contributed by atoms with Gasteiger partial charge in [0.25, 0.3) is 0 Å². The first-order valence-electron chi connectivity index (χ1n) is 3.14. The van der Waals surface area contributed by atoms with Gasteiger partial charge in [-0.05, 0) is 6.92 Å². The number of hydrogen-bond acceptors (Lipinski definition) is 2. The largest absolute Gasteiger partial charge is 0.335 e. The molecule has 3 nitrogen and oxygen atoms in total. The van der Waals surface area contributed by atoms with Crippen LogP contribution in [0.1, 0.15) is 6.92 Å². The summed E-state index contributed by atoms with van der Waals surface area (Å²) in [5, 5.41) is 0. The molecule has 0 rings (SSSR count). The van der Waals surface area contributed by atoms with E-state index in [0.29, 0.717) is 19.8 Å². The van der Waals surface area contributed by atoms with Gasteiger partial charge in [-0.2, -0.15) is 0 Å². The number of nitrogens with zero attached hydrogens (tertiary/aromatic N) is 1. The van der Waals surface area contributed by atoms with Crippen molar-refractivity contribution in [3.8, 4) is 0 Å². The van der Waals surface area contributed by atoms with Gasteiger partial charge in [0, 0.05) is 6.66 Å². The fourth-order valence-corrected chi connectivity index (χ4v) is 1.21. The van der Waals surface area contributed by atoms with Gasteiger partial charge in [0.2, 0.25) is 6.54 Å². The molecule has 0 aliphatic heterocycles. The molecule has 0 spiro atoms. The fraction of sp³-hybridized carbons (Fsp3) is 0.833. The van der Waals surface area contributed by atoms with E-state index in [1.165, 1.54) is 0 Å². The summed E-state index contributed by atoms with van der Waals surface area (Å²) in [5.41, 5.74) is 0. The molecule has 0 fully saturated rings. The van der Waals surface area contributed by atoms with Crippen molar-refractivity contribution >= 4 is 8.38 Å². The summed E-state index contributed by atoms with van der Waals surface area (Å²) in [6.07, 6.45) is 0. The Labute approximate surface area is 63.1 Å². The lowest BCUT2D eigenvalue weighted by molar-refractivity contribution is 0.272. The van der Waals surface area contributed by atoms with Gasteiger partial charge in [-0.1, -0.05) is 0 Å². The average Bonchev–Trinajstić information content (AvgIpc) is 1.89. The highest BCUT2D eigenvalue weighted by Crippen LogP contribution is 2.32. The summed E-state index contributed by atoms with van der Waals surface area (Å²) in [4.78, 5) is 3.15. The van der Waals surface area contributed by atoms with Crippen LogP contribution in [0.4, 0.5) is 0 Å². The Morgan fingerprint density at radius 1 is 1.50 bits per heavy atom. The fourth-order valence-electron chi connectivity index (χ4n) is 0.434. The lowest BCUT2D eigenvalue weighted by Gasteiger charge is -2.08. The molecule has 0 aromatic rings. The number of hydrogen-bond donors (Lipinski definition) is 0. The molecular weight excluding hydrogens is 149 g/mol. The van der Waals surface area contributed by atoms with Crippen molar-refractivity contribution in [2.24, 2.45) is 0 Å². The van der Waals surface area contributed by atoms with Crippen LogP contribution in [-0.4, -0.2) is 26.4 Å². The second-order valence-electron chi connectivity index (χ2n) is 1.57. The van der Waals surface area contributed by atoms with Crippen molar-refractivity contribution in [3.05, 3.63) is 11.4 Å². The SMILES string of the molecule is [C-]#[N+]CCOP(C)OCC. The van der Waals surface area contributed by atoms with Gasteiger partial charge in [0.05, 0.1) is 6.61 Å². The molecule has 4 heteroatoms. The first kappa shape index (κ1) is 9.84. The molecule has 0 bridgehead atoms. The van der Waals surface area contributed by atoms with Crippen LogP contribution >= 0.6 is 8.38 Å². The smallest absolute Gasteiger partial charge is 0.238 e. The predicted molar refractivity (Wildman–Crippen MR) is 41.9 cm³/mol. The van der Waals surface area contributed by atoms with Gasteiger partial charge in [-0.25, -0.2) is 6.57 Å². The maximum atomic E-state index is 6.46. The van der Waals surface area contributed by atoms with Crippen molar-refractivity contribution in [2.75, 3.05) is 26.4 Å². The molecular formula is C6H12NO2P. The molecule has 10 heavy (non-hydrogen) atoms. The zero-order valence-corrected chi connectivity index (χ0v) is 7.23. The molecule has 0 saturated carbocycles. The van der Waals surface area contributed by atoms with E-state index in [2.05, 4.69) is 4.85 Å². The maximum absolute atomic E-state index is 6.46. The molecule has 58 valence electrons. The molecule has 0 aromatic heterocycles. The Kier molecular flexibility index (Phi) is 6.84. The van der Waals surface area contributed by atoms with E-state index in [1.54, 1.807) is 0 Å². The Hall–Kier alpha value is -0.160. The second kappa shape index (κ2) is 6.95. The predicted octanol–water partition coefficient (Wildman–Crippen LogP) is 1.90. The zero-order chi connectivity index (χ0) is 7.82. The van der Waals surface area contributed by atoms with Crippen LogP contribution in [0.5, 0.6) is 0 Å². The van der Waals surface area contributed by atoms with Crippen molar-refractivity contribution in [1.29, 1.82) is 0 Å². The second-order valence-corrected chi connectivity index (χ2v) is 2.97. The Morgan fingerprint density at radius 3 is 2.70 bits per heavy atom. The van der Waals surface area contributed by atoms with Crippen LogP contribution in [0.15, 0.2) is 0 Å². The lowest BCUT2D eigenvalue weighted by atomic mass is 10.7. The molecule has 1 unspecified atom stereocenters. The van der Waals surface area contributed by atoms with E-state index in [4.69, 9.17) is 15.6 Å². The Bertz CT molecular complexity index is 113. The summed E-state index contributed by atoms with van der Waals surface area (Å²) in [5.74, 6) is 0. The van der Waals surface area contributed by atoms with Crippen LogP contribution in [0.25, 0.3) is 4.85 Å². The highest BCUT2D eigenvalue weighted by atomic mass is 31.2. The van der Waals surface area contributed by atoms with Crippen LogP contribution in [-0.2, 0) is 9.05 Å². The van der Waals surface area contributed by atoms with Gasteiger partial charge in [0.1, 0.15) is 6.61 Å². The van der Waals surface area contributed by atoms with Crippen molar-refractivity contribution in [2.45, 2.75) is 6.92 Å². The van der Waals surface area contributed by atoms with E-state index >= 15 is 0 Å². The summed E-state index contributed by atoms with van der Waals surface area (Å²) in [7, 11) is -0.736. The average molecular weight is 161 g/mol. The summed E-state index contributed by atoms with van der Waals surface area (Å²) in [6, 6.07) is 0. The minimum atomic E-state index is -0.736. The Morgan fingerprint density at radius 2 is 2.20 bits per heavy atom. The first-order valence-corrected chi connectivity index (χ1v) is 4.76. The summed E-state index contributed by atoms with van der Waals surface area (Å²) < 4.78 is 10.3. The first-order chi connectivity index (χ1) is 4.81. The number of rotatable bonds is 5. The third kappa shape index (κ3) is 5.97. The Balaban J connectivity index is 3.06. The minimum Gasteiger partial charge on any atom is -0.335 e. The minimum absolute atomic E-state index is 0.430. The van der Waals surface area contributed by atoms with Crippen LogP contribution in [0.2, 0.25) is 0 Å². The highest BCUT2D eigenvalue weighted by Gasteiger charge is 2.00. The summed E-state index contributed by atoms with van der Waals surface area (Å²) in [6.45, 7) is 11.9. The molecule has 1 atom stereocenters. The molecule has 0 radical (unpaired) electrons. The van der Waals surface area contributed by atoms with Gasteiger partial charge in [-0.3, -0.25) is 0 Å². The van der Waals surface area contributed by atoms with E-state index in [-0.39, 0.29) is 0 Å². The zero-order valence-electron chi connectivity index (χ0n) is 6.33. The lowest BCUT2D eigenvalue weighted by Crippen LogP contribution is -1.93. The topological polar surface area (TPSA) is 22.8 Å². The third-order valence-electron chi connectivity index (χ3n) is 0.787. The van der Waals surface area contributed by atoms with Crippen molar-refractivity contribution in [1.82, 2.24) is 0 Å². The van der Waals surface area contributed by atoms with Gasteiger partial charge in [0.15, 0.2) is 8.38 Å². The monoisotopic (exact) mass is 161 g/mol. The molecule has 0 N–H and O–H groups in total. The van der Waals surface area contributed by atoms with E-state index < -0.39 is 8.38 Å². The van der Waals surface area contributed by atoms with Crippen LogP contribution in [0, 0.1) is 6.57 Å². The van der Waals surface area contributed by atoms with E-state index in [1.807, 2.05) is 13.6 Å². The van der Waals surface area contributed by atoms with Crippen LogP contribution in [0.3, 0.4) is 0 Å². The normalized spacial score (nSPS) is 12.5. The van der Waals surface area contributed by atoms with Gasteiger partial charge >= 0.3 is 0 Å². The van der Waals surface area contributed by atoms with Gasteiger partial charge < -0.3 is 13.9 Å². The molecule has 0 amide bonds. The summed E-state index contributed by atoms with van der Waals surface area (Å²) >= 11 is 0. The van der Waals surface area contributed by atoms with Gasteiger partial charge in [-0.15, -0.1) is 0 Å². The molecule has 0 heterocycles. The van der Waals surface area contributed by atoms with Crippen LogP contribution < -0.4 is 0 Å². The molecule has 0 aliphatic carbocycles.